The van der Waals surface area contributed by atoms with Crippen LogP contribution < -0.4 is 11.5 Å². The minimum atomic E-state index is -0.670. The maximum absolute atomic E-state index is 12.0. The van der Waals surface area contributed by atoms with E-state index in [9.17, 15) is 4.39 Å². The van der Waals surface area contributed by atoms with Crippen molar-refractivity contribution in [3.8, 4) is 0 Å². The van der Waals surface area contributed by atoms with Gasteiger partial charge in [0, 0.05) is 6.20 Å². The second-order valence-corrected chi connectivity index (χ2v) is 1.89. The highest BCUT2D eigenvalue weighted by molar-refractivity contribution is 5.64. The average molecular weight is 141 g/mol. The lowest BCUT2D eigenvalue weighted by Gasteiger charge is -2.01. The molecule has 10 heavy (non-hydrogen) atoms. The van der Waals surface area contributed by atoms with E-state index < -0.39 is 6.67 Å². The molecule has 0 aliphatic carbocycles. The fraction of sp³-hybridized carbons (Fsp3) is 0.167. The summed E-state index contributed by atoms with van der Waals surface area (Å²) in [6, 6.07) is 1.54. The third-order valence-electron chi connectivity index (χ3n) is 1.23. The molecule has 0 saturated carbocycles. The number of nitrogen functional groups attached to an aromatic ring is 2. The van der Waals surface area contributed by atoms with Crippen LogP contribution in [0.5, 0.6) is 0 Å². The molecule has 3 nitrogen and oxygen atoms in total. The van der Waals surface area contributed by atoms with Crippen LogP contribution >= 0.6 is 0 Å². The first-order chi connectivity index (χ1) is 4.75. The number of nitrogens with zero attached hydrogens (tertiary/aromatic N) is 1. The highest BCUT2D eigenvalue weighted by Gasteiger charge is 2.01. The minimum Gasteiger partial charge on any atom is -0.397 e. The molecule has 0 aliphatic rings. The normalized spacial score (nSPS) is 9.70. The number of pyridine rings is 1. The summed E-state index contributed by atoms with van der Waals surface area (Å²) >= 11 is 0. The molecule has 1 rings (SSSR count). The fourth-order valence-electron chi connectivity index (χ4n) is 0.640. The van der Waals surface area contributed by atoms with Crippen molar-refractivity contribution in [1.82, 2.24) is 4.98 Å². The van der Waals surface area contributed by atoms with E-state index in [0.717, 1.165) is 0 Å². The van der Waals surface area contributed by atoms with Crippen molar-refractivity contribution in [3.63, 3.8) is 0 Å². The molecule has 0 spiro atoms. The van der Waals surface area contributed by atoms with E-state index in [2.05, 4.69) is 4.98 Å². The Balaban J connectivity index is 3.14. The molecular weight excluding hydrogens is 133 g/mol. The number of anilines is 2. The number of alkyl halides is 1. The number of hydrogen-bond acceptors (Lipinski definition) is 3. The average Bonchev–Trinajstić information content (AvgIpc) is 1.95. The lowest BCUT2D eigenvalue weighted by molar-refractivity contribution is 0.477. The second kappa shape index (κ2) is 2.51. The van der Waals surface area contributed by atoms with E-state index in [0.29, 0.717) is 5.69 Å². The van der Waals surface area contributed by atoms with Crippen LogP contribution in [0.15, 0.2) is 12.3 Å². The van der Waals surface area contributed by atoms with Crippen LogP contribution in [0.2, 0.25) is 0 Å². The van der Waals surface area contributed by atoms with Gasteiger partial charge in [-0.3, -0.25) is 4.98 Å². The molecular formula is C6H8FN3. The molecule has 0 radical (unpaired) electrons. The van der Waals surface area contributed by atoms with Gasteiger partial charge in [-0.15, -0.1) is 0 Å². The van der Waals surface area contributed by atoms with Gasteiger partial charge >= 0.3 is 0 Å². The van der Waals surface area contributed by atoms with Gasteiger partial charge < -0.3 is 11.5 Å². The third kappa shape index (κ3) is 1.00. The quantitative estimate of drug-likeness (QED) is 0.605. The molecule has 1 heterocycles. The first-order valence-corrected chi connectivity index (χ1v) is 2.80. The van der Waals surface area contributed by atoms with E-state index in [-0.39, 0.29) is 11.4 Å². The van der Waals surface area contributed by atoms with E-state index >= 15 is 0 Å². The zero-order chi connectivity index (χ0) is 7.56. The Bertz CT molecular complexity index is 236. The van der Waals surface area contributed by atoms with E-state index in [1.807, 2.05) is 0 Å². The van der Waals surface area contributed by atoms with Gasteiger partial charge in [0.2, 0.25) is 0 Å². The number of aromatic nitrogens is 1. The number of halogens is 1. The van der Waals surface area contributed by atoms with E-state index in [1.165, 1.54) is 12.3 Å². The Morgan fingerprint density at radius 1 is 1.50 bits per heavy atom. The topological polar surface area (TPSA) is 64.9 Å². The molecule has 0 aliphatic heterocycles. The molecule has 0 unspecified atom stereocenters. The SMILES string of the molecule is Nc1ccnc(CF)c1N. The molecule has 0 bridgehead atoms. The van der Waals surface area contributed by atoms with Gasteiger partial charge in [-0.25, -0.2) is 4.39 Å². The minimum absolute atomic E-state index is 0.208. The summed E-state index contributed by atoms with van der Waals surface area (Å²) in [5.41, 5.74) is 11.6. The van der Waals surface area contributed by atoms with Crippen LogP contribution in [-0.2, 0) is 6.67 Å². The largest absolute Gasteiger partial charge is 0.397 e. The smallest absolute Gasteiger partial charge is 0.134 e. The van der Waals surface area contributed by atoms with Crippen LogP contribution in [0.3, 0.4) is 0 Å². The summed E-state index contributed by atoms with van der Waals surface area (Å²) < 4.78 is 12.0. The Labute approximate surface area is 57.9 Å². The first-order valence-electron chi connectivity index (χ1n) is 2.80. The predicted molar refractivity (Wildman–Crippen MR) is 37.9 cm³/mol. The Kier molecular flexibility index (Phi) is 1.71. The maximum atomic E-state index is 12.0. The van der Waals surface area contributed by atoms with Gasteiger partial charge in [0.1, 0.15) is 6.67 Å². The van der Waals surface area contributed by atoms with E-state index in [4.69, 9.17) is 11.5 Å². The van der Waals surface area contributed by atoms with Gasteiger partial charge in [-0.05, 0) is 6.07 Å². The van der Waals surface area contributed by atoms with Crippen LogP contribution in [0.25, 0.3) is 0 Å². The van der Waals surface area contributed by atoms with Gasteiger partial charge in [0.05, 0.1) is 17.1 Å². The molecule has 0 amide bonds. The Morgan fingerprint density at radius 2 is 2.20 bits per heavy atom. The number of hydrogen-bond donors (Lipinski definition) is 2. The van der Waals surface area contributed by atoms with Gasteiger partial charge in [0.25, 0.3) is 0 Å². The summed E-state index contributed by atoms with van der Waals surface area (Å²) in [7, 11) is 0. The van der Waals surface area contributed by atoms with Crippen molar-refractivity contribution in [2.24, 2.45) is 0 Å². The van der Waals surface area contributed by atoms with Crippen LogP contribution in [-0.4, -0.2) is 4.98 Å². The lowest BCUT2D eigenvalue weighted by atomic mass is 10.3. The van der Waals surface area contributed by atoms with Crippen LogP contribution in [0, 0.1) is 0 Å². The fourth-order valence-corrected chi connectivity index (χ4v) is 0.640. The predicted octanol–water partition coefficient (Wildman–Crippen LogP) is 0.716. The molecule has 1 aromatic heterocycles. The molecule has 54 valence electrons. The molecule has 0 fully saturated rings. The summed E-state index contributed by atoms with van der Waals surface area (Å²) in [5, 5.41) is 0. The molecule has 0 aromatic carbocycles. The zero-order valence-corrected chi connectivity index (χ0v) is 5.34. The highest BCUT2D eigenvalue weighted by Crippen LogP contribution is 2.16. The summed E-state index contributed by atoms with van der Waals surface area (Å²) in [6.07, 6.45) is 1.43. The van der Waals surface area contributed by atoms with Crippen molar-refractivity contribution in [3.05, 3.63) is 18.0 Å². The number of nitrogens with two attached hydrogens (primary N) is 2. The monoisotopic (exact) mass is 141 g/mol. The molecule has 1 aromatic rings. The Morgan fingerprint density at radius 3 is 2.70 bits per heavy atom. The molecule has 0 saturated heterocycles. The highest BCUT2D eigenvalue weighted by atomic mass is 19.1. The zero-order valence-electron chi connectivity index (χ0n) is 5.34. The maximum Gasteiger partial charge on any atom is 0.134 e. The summed E-state index contributed by atoms with van der Waals surface area (Å²) in [4.78, 5) is 3.68. The van der Waals surface area contributed by atoms with Gasteiger partial charge in [-0.1, -0.05) is 0 Å². The van der Waals surface area contributed by atoms with Crippen molar-refractivity contribution in [2.45, 2.75) is 6.67 Å². The van der Waals surface area contributed by atoms with Crippen LogP contribution in [0.1, 0.15) is 5.69 Å². The lowest BCUT2D eigenvalue weighted by Crippen LogP contribution is -2.00. The summed E-state index contributed by atoms with van der Waals surface area (Å²) in [6.45, 7) is -0.670. The van der Waals surface area contributed by atoms with Crippen molar-refractivity contribution in [1.29, 1.82) is 0 Å². The van der Waals surface area contributed by atoms with Crippen molar-refractivity contribution >= 4 is 11.4 Å². The number of rotatable bonds is 1. The van der Waals surface area contributed by atoms with Crippen LogP contribution in [0.4, 0.5) is 15.8 Å². The standard InChI is InChI=1S/C6H8FN3/c7-3-5-6(9)4(8)1-2-10-5/h1-2H,3,9H2,(H2,8,10). The first kappa shape index (κ1) is 6.80. The van der Waals surface area contributed by atoms with Gasteiger partial charge in [0.15, 0.2) is 0 Å². The van der Waals surface area contributed by atoms with Gasteiger partial charge in [-0.2, -0.15) is 0 Å². The Hall–Kier alpha value is -1.32. The third-order valence-corrected chi connectivity index (χ3v) is 1.23. The van der Waals surface area contributed by atoms with Crippen molar-refractivity contribution < 1.29 is 4.39 Å². The van der Waals surface area contributed by atoms with E-state index in [1.54, 1.807) is 0 Å². The summed E-state index contributed by atoms with van der Waals surface area (Å²) in [5.74, 6) is 0. The molecule has 0 atom stereocenters. The molecule has 4 heteroatoms. The molecule has 4 N–H and O–H groups in total. The van der Waals surface area contributed by atoms with Crippen molar-refractivity contribution in [2.75, 3.05) is 11.5 Å². The second-order valence-electron chi connectivity index (χ2n) is 1.89.